The third-order valence-electron chi connectivity index (χ3n) is 2.65. The molecule has 2 N–H and O–H groups in total. The van der Waals surface area contributed by atoms with Gasteiger partial charge in [-0.25, -0.2) is 0 Å². The highest BCUT2D eigenvalue weighted by Crippen LogP contribution is 2.30. The number of hydrogen-bond donors (Lipinski definition) is 2. The van der Waals surface area contributed by atoms with Crippen molar-refractivity contribution in [1.82, 2.24) is 10.6 Å². The van der Waals surface area contributed by atoms with E-state index in [1.807, 2.05) is 19.2 Å². The summed E-state index contributed by atoms with van der Waals surface area (Å²) in [6.07, 6.45) is 0.887. The standard InChI is InChI=1S/C13H14Br2N2O2.ClH/c1-16-3-2-4-17-13(18)11-6-8-5-9(14)7-10(15)12(8)19-11;/h5-7,16H,2-4H2,1H3,(H,17,18);1H. The van der Waals surface area contributed by atoms with Crippen molar-refractivity contribution in [3.63, 3.8) is 0 Å². The highest BCUT2D eigenvalue weighted by molar-refractivity contribution is 9.11. The van der Waals surface area contributed by atoms with Gasteiger partial charge in [0.25, 0.3) is 5.91 Å². The predicted molar refractivity (Wildman–Crippen MR) is 89.7 cm³/mol. The van der Waals surface area contributed by atoms with Gasteiger partial charge in [-0.15, -0.1) is 12.4 Å². The number of nitrogens with one attached hydrogen (secondary N) is 2. The first kappa shape index (κ1) is 17.5. The number of carbonyl (C=O) groups is 1. The summed E-state index contributed by atoms with van der Waals surface area (Å²) in [4.78, 5) is 11.9. The molecule has 110 valence electrons. The zero-order valence-corrected chi connectivity index (χ0v) is 14.8. The van der Waals surface area contributed by atoms with Crippen molar-refractivity contribution in [2.75, 3.05) is 20.1 Å². The van der Waals surface area contributed by atoms with E-state index in [2.05, 4.69) is 42.5 Å². The van der Waals surface area contributed by atoms with Gasteiger partial charge in [0, 0.05) is 16.4 Å². The molecular weight excluding hydrogens is 411 g/mol. The van der Waals surface area contributed by atoms with Crippen LogP contribution in [0.1, 0.15) is 17.0 Å². The van der Waals surface area contributed by atoms with Crippen molar-refractivity contribution in [3.8, 4) is 0 Å². The van der Waals surface area contributed by atoms with Crippen LogP contribution in [-0.2, 0) is 0 Å². The predicted octanol–water partition coefficient (Wildman–Crippen LogP) is 3.72. The summed E-state index contributed by atoms with van der Waals surface area (Å²) in [6, 6.07) is 5.56. The molecule has 7 heteroatoms. The van der Waals surface area contributed by atoms with Gasteiger partial charge in [0.1, 0.15) is 5.58 Å². The van der Waals surface area contributed by atoms with E-state index in [9.17, 15) is 4.79 Å². The van der Waals surface area contributed by atoms with E-state index in [0.717, 1.165) is 27.3 Å². The Morgan fingerprint density at radius 3 is 2.70 bits per heavy atom. The summed E-state index contributed by atoms with van der Waals surface area (Å²) in [5.41, 5.74) is 0.684. The lowest BCUT2D eigenvalue weighted by atomic mass is 10.2. The summed E-state index contributed by atoms with van der Waals surface area (Å²) >= 11 is 6.83. The van der Waals surface area contributed by atoms with Crippen LogP contribution < -0.4 is 10.6 Å². The number of halogens is 3. The summed E-state index contributed by atoms with van der Waals surface area (Å²) in [6.45, 7) is 1.50. The highest BCUT2D eigenvalue weighted by Gasteiger charge is 2.13. The second kappa shape index (κ2) is 8.02. The Labute approximate surface area is 140 Å². The maximum Gasteiger partial charge on any atom is 0.287 e. The molecular formula is C13H15Br2ClN2O2. The Kier molecular flexibility index (Phi) is 7.02. The molecule has 2 aromatic rings. The van der Waals surface area contributed by atoms with Crippen molar-refractivity contribution in [2.24, 2.45) is 0 Å². The van der Waals surface area contributed by atoms with E-state index in [0.29, 0.717) is 17.9 Å². The van der Waals surface area contributed by atoms with Gasteiger partial charge in [-0.3, -0.25) is 4.79 Å². The van der Waals surface area contributed by atoms with Crippen molar-refractivity contribution in [3.05, 3.63) is 32.9 Å². The Bertz CT molecular complexity index is 601. The molecule has 20 heavy (non-hydrogen) atoms. The van der Waals surface area contributed by atoms with Crippen LogP contribution in [0, 0.1) is 0 Å². The molecule has 2 rings (SSSR count). The molecule has 0 aliphatic rings. The topological polar surface area (TPSA) is 54.3 Å². The molecule has 4 nitrogen and oxygen atoms in total. The smallest absolute Gasteiger partial charge is 0.287 e. The maximum atomic E-state index is 11.9. The number of fused-ring (bicyclic) bond motifs is 1. The minimum atomic E-state index is -0.185. The van der Waals surface area contributed by atoms with Crippen molar-refractivity contribution in [1.29, 1.82) is 0 Å². The SMILES string of the molecule is CNCCCNC(=O)c1cc2cc(Br)cc(Br)c2o1.Cl. The minimum Gasteiger partial charge on any atom is -0.450 e. The molecule has 0 fully saturated rings. The number of rotatable bonds is 5. The fourth-order valence-corrected chi connectivity index (χ4v) is 3.08. The summed E-state index contributed by atoms with van der Waals surface area (Å²) in [7, 11) is 1.89. The molecule has 0 saturated carbocycles. The van der Waals surface area contributed by atoms with Gasteiger partial charge in [0.2, 0.25) is 0 Å². The molecule has 1 aromatic heterocycles. The van der Waals surface area contributed by atoms with E-state index in [4.69, 9.17) is 4.42 Å². The maximum absolute atomic E-state index is 11.9. The number of benzene rings is 1. The third-order valence-corrected chi connectivity index (χ3v) is 3.70. The number of amides is 1. The van der Waals surface area contributed by atoms with Crippen LogP contribution >= 0.6 is 44.3 Å². The molecule has 0 radical (unpaired) electrons. The zero-order valence-electron chi connectivity index (χ0n) is 10.8. The van der Waals surface area contributed by atoms with Crippen LogP contribution in [0.5, 0.6) is 0 Å². The molecule has 0 saturated heterocycles. The molecule has 0 atom stereocenters. The number of carbonyl (C=O) groups excluding carboxylic acids is 1. The number of hydrogen-bond acceptors (Lipinski definition) is 3. The van der Waals surface area contributed by atoms with E-state index in [1.165, 1.54) is 0 Å². The third kappa shape index (κ3) is 4.22. The molecule has 0 bridgehead atoms. The first-order chi connectivity index (χ1) is 9.11. The summed E-state index contributed by atoms with van der Waals surface area (Å²) < 4.78 is 7.34. The minimum absolute atomic E-state index is 0. The van der Waals surface area contributed by atoms with Crippen LogP contribution in [0.2, 0.25) is 0 Å². The summed E-state index contributed by atoms with van der Waals surface area (Å²) in [5, 5.41) is 6.75. The van der Waals surface area contributed by atoms with Crippen molar-refractivity contribution in [2.45, 2.75) is 6.42 Å². The van der Waals surface area contributed by atoms with Gasteiger partial charge in [0.15, 0.2) is 5.76 Å². The lowest BCUT2D eigenvalue weighted by molar-refractivity contribution is 0.0927. The van der Waals surface area contributed by atoms with Gasteiger partial charge in [-0.1, -0.05) is 15.9 Å². The Morgan fingerprint density at radius 1 is 1.25 bits per heavy atom. The monoisotopic (exact) mass is 424 g/mol. The molecule has 1 heterocycles. The van der Waals surface area contributed by atoms with E-state index < -0.39 is 0 Å². The van der Waals surface area contributed by atoms with E-state index in [-0.39, 0.29) is 18.3 Å². The lowest BCUT2D eigenvalue weighted by Crippen LogP contribution is -2.26. The molecule has 0 aliphatic carbocycles. The number of furan rings is 1. The van der Waals surface area contributed by atoms with Gasteiger partial charge >= 0.3 is 0 Å². The van der Waals surface area contributed by atoms with Crippen molar-refractivity contribution < 1.29 is 9.21 Å². The average molecular weight is 427 g/mol. The van der Waals surface area contributed by atoms with E-state index in [1.54, 1.807) is 6.07 Å². The van der Waals surface area contributed by atoms with Gasteiger partial charge in [0.05, 0.1) is 4.47 Å². The van der Waals surface area contributed by atoms with Crippen LogP contribution in [0.25, 0.3) is 11.0 Å². The van der Waals surface area contributed by atoms with Crippen LogP contribution in [-0.4, -0.2) is 26.0 Å². The molecule has 0 aliphatic heterocycles. The first-order valence-electron chi connectivity index (χ1n) is 5.93. The Balaban J connectivity index is 0.00000200. The van der Waals surface area contributed by atoms with Crippen molar-refractivity contribution >= 4 is 61.1 Å². The normalized spacial score (nSPS) is 10.3. The second-order valence-electron chi connectivity index (χ2n) is 4.13. The fourth-order valence-electron chi connectivity index (χ4n) is 1.74. The largest absolute Gasteiger partial charge is 0.450 e. The Hall–Kier alpha value is -0.560. The Morgan fingerprint density at radius 2 is 2.00 bits per heavy atom. The molecule has 1 aromatic carbocycles. The molecule has 0 spiro atoms. The fraction of sp³-hybridized carbons (Fsp3) is 0.308. The van der Waals surface area contributed by atoms with Crippen LogP contribution in [0.15, 0.2) is 31.6 Å². The molecule has 1 amide bonds. The lowest BCUT2D eigenvalue weighted by Gasteiger charge is -2.01. The van der Waals surface area contributed by atoms with Crippen LogP contribution in [0.4, 0.5) is 0 Å². The zero-order chi connectivity index (χ0) is 13.8. The van der Waals surface area contributed by atoms with Gasteiger partial charge < -0.3 is 15.1 Å². The second-order valence-corrected chi connectivity index (χ2v) is 5.90. The van der Waals surface area contributed by atoms with Crippen LogP contribution in [0.3, 0.4) is 0 Å². The highest BCUT2D eigenvalue weighted by atomic mass is 79.9. The molecule has 0 unspecified atom stereocenters. The first-order valence-corrected chi connectivity index (χ1v) is 7.52. The van der Waals surface area contributed by atoms with Gasteiger partial charge in [-0.2, -0.15) is 0 Å². The van der Waals surface area contributed by atoms with Gasteiger partial charge in [-0.05, 0) is 54.1 Å². The summed E-state index contributed by atoms with van der Waals surface area (Å²) in [5.74, 6) is 0.147. The quantitative estimate of drug-likeness (QED) is 0.717. The van der Waals surface area contributed by atoms with E-state index >= 15 is 0 Å². The average Bonchev–Trinajstić information content (AvgIpc) is 2.78.